The van der Waals surface area contributed by atoms with Crippen LogP contribution in [0.4, 0.5) is 10.1 Å². The Bertz CT molecular complexity index is 983. The number of aliphatic hydroxyl groups is 1. The molecule has 0 saturated carbocycles. The van der Waals surface area contributed by atoms with Crippen molar-refractivity contribution in [2.45, 2.75) is 12.5 Å². The van der Waals surface area contributed by atoms with Gasteiger partial charge < -0.3 is 20.2 Å². The first kappa shape index (κ1) is 18.9. The maximum absolute atomic E-state index is 13.1. The molecule has 1 atom stereocenters. The molecule has 0 saturated heterocycles. The van der Waals surface area contributed by atoms with Gasteiger partial charge in [0.15, 0.2) is 0 Å². The van der Waals surface area contributed by atoms with Crippen LogP contribution in [0.5, 0.6) is 0 Å². The summed E-state index contributed by atoms with van der Waals surface area (Å²) in [5, 5.41) is 15.8. The van der Waals surface area contributed by atoms with Crippen molar-refractivity contribution in [1.82, 2.24) is 5.32 Å². The Morgan fingerprint density at radius 2 is 1.93 bits per heavy atom. The van der Waals surface area contributed by atoms with E-state index in [2.05, 4.69) is 10.6 Å². The number of benzene rings is 2. The van der Waals surface area contributed by atoms with Crippen LogP contribution in [0.15, 0.2) is 52.9 Å². The van der Waals surface area contributed by atoms with Gasteiger partial charge in [0.1, 0.15) is 22.8 Å². The van der Waals surface area contributed by atoms with Crippen molar-refractivity contribution in [2.24, 2.45) is 0 Å². The number of hydrogen-bond acceptors (Lipinski definition) is 4. The van der Waals surface area contributed by atoms with Crippen LogP contribution in [-0.4, -0.2) is 23.5 Å². The van der Waals surface area contributed by atoms with Crippen LogP contribution in [-0.2, 0) is 15.2 Å². The van der Waals surface area contributed by atoms with Gasteiger partial charge in [0, 0.05) is 11.1 Å². The molecule has 1 heterocycles. The summed E-state index contributed by atoms with van der Waals surface area (Å²) in [6, 6.07) is 12.4. The van der Waals surface area contributed by atoms with Crippen LogP contribution in [0.3, 0.4) is 0 Å². The number of amides is 2. The third-order valence-electron chi connectivity index (χ3n) is 3.93. The summed E-state index contributed by atoms with van der Waals surface area (Å²) >= 11 is 5.63. The first-order chi connectivity index (χ1) is 12.8. The molecule has 2 aromatic carbocycles. The highest BCUT2D eigenvalue weighted by atomic mass is 35.5. The summed E-state index contributed by atoms with van der Waals surface area (Å²) in [4.78, 5) is 23.9. The van der Waals surface area contributed by atoms with Gasteiger partial charge in [0.05, 0.1) is 11.6 Å². The molecule has 8 heteroatoms. The summed E-state index contributed by atoms with van der Waals surface area (Å²) in [6.07, 6.45) is 0. The number of nitrogens with one attached hydrogen (secondary N) is 2. The van der Waals surface area contributed by atoms with Crippen molar-refractivity contribution < 1.29 is 23.5 Å². The molecule has 6 nitrogen and oxygen atoms in total. The molecule has 140 valence electrons. The molecule has 0 bridgehead atoms. The van der Waals surface area contributed by atoms with E-state index in [1.165, 1.54) is 19.1 Å². The standard InChI is InChI=1S/C19H16ClFN2O4/c1-19(26,16-8-11-4-2-3-5-15(11)27-16)10-22-17(24)18(25)23-12-6-7-14(21)13(20)9-12/h2-9,26H,10H2,1H3,(H,22,24)(H,23,25). The summed E-state index contributed by atoms with van der Waals surface area (Å²) in [5.74, 6) is -2.32. The molecule has 27 heavy (non-hydrogen) atoms. The number of anilines is 1. The molecule has 0 radical (unpaired) electrons. The van der Waals surface area contributed by atoms with Crippen LogP contribution < -0.4 is 10.6 Å². The lowest BCUT2D eigenvalue weighted by molar-refractivity contribution is -0.136. The minimum Gasteiger partial charge on any atom is -0.458 e. The molecule has 0 fully saturated rings. The second-order valence-corrected chi connectivity index (χ2v) is 6.60. The molecule has 0 aliphatic heterocycles. The molecule has 3 aromatic rings. The van der Waals surface area contributed by atoms with E-state index in [0.29, 0.717) is 5.58 Å². The molecule has 2 amide bonds. The SMILES string of the molecule is CC(O)(CNC(=O)C(=O)Nc1ccc(F)c(Cl)c1)c1cc2ccccc2o1. The summed E-state index contributed by atoms with van der Waals surface area (Å²) in [5.41, 5.74) is -0.746. The van der Waals surface area contributed by atoms with E-state index in [1.807, 2.05) is 12.1 Å². The van der Waals surface area contributed by atoms with E-state index in [-0.39, 0.29) is 23.0 Å². The second-order valence-electron chi connectivity index (χ2n) is 6.19. The number of halogens is 2. The minimum absolute atomic E-state index is 0.172. The molecule has 3 rings (SSSR count). The molecule has 0 spiro atoms. The van der Waals surface area contributed by atoms with Gasteiger partial charge in [-0.1, -0.05) is 29.8 Å². The quantitative estimate of drug-likeness (QED) is 0.596. The number of rotatable bonds is 4. The van der Waals surface area contributed by atoms with Gasteiger partial charge in [-0.05, 0) is 37.3 Å². The number of furan rings is 1. The van der Waals surface area contributed by atoms with E-state index in [9.17, 15) is 19.1 Å². The van der Waals surface area contributed by atoms with Crippen LogP contribution in [0.25, 0.3) is 11.0 Å². The Kier molecular flexibility index (Phi) is 5.16. The third-order valence-corrected chi connectivity index (χ3v) is 4.22. The number of carbonyl (C=O) groups is 2. The van der Waals surface area contributed by atoms with Gasteiger partial charge in [-0.2, -0.15) is 0 Å². The normalized spacial score (nSPS) is 13.2. The van der Waals surface area contributed by atoms with Gasteiger partial charge >= 0.3 is 11.8 Å². The molecule has 1 unspecified atom stereocenters. The van der Waals surface area contributed by atoms with Crippen molar-refractivity contribution in [2.75, 3.05) is 11.9 Å². The monoisotopic (exact) mass is 390 g/mol. The highest BCUT2D eigenvalue weighted by molar-refractivity contribution is 6.39. The van der Waals surface area contributed by atoms with E-state index in [0.717, 1.165) is 11.5 Å². The maximum atomic E-state index is 13.1. The Morgan fingerprint density at radius 3 is 2.63 bits per heavy atom. The lowest BCUT2D eigenvalue weighted by atomic mass is 10.0. The van der Waals surface area contributed by atoms with Crippen LogP contribution in [0, 0.1) is 5.82 Å². The Morgan fingerprint density at radius 1 is 1.19 bits per heavy atom. The molecular formula is C19H16ClFN2O4. The second kappa shape index (κ2) is 7.38. The van der Waals surface area contributed by atoms with E-state index in [4.69, 9.17) is 16.0 Å². The molecule has 0 aliphatic rings. The minimum atomic E-state index is -1.52. The Balaban J connectivity index is 1.62. The number of carbonyl (C=O) groups excluding carboxylic acids is 2. The van der Waals surface area contributed by atoms with Gasteiger partial charge in [0.2, 0.25) is 0 Å². The summed E-state index contributed by atoms with van der Waals surface area (Å²) in [6.45, 7) is 1.21. The van der Waals surface area contributed by atoms with E-state index < -0.39 is 23.2 Å². The van der Waals surface area contributed by atoms with Gasteiger partial charge in [0.25, 0.3) is 0 Å². The third kappa shape index (κ3) is 4.27. The smallest absolute Gasteiger partial charge is 0.313 e. The molecule has 3 N–H and O–H groups in total. The molecular weight excluding hydrogens is 375 g/mol. The fraction of sp³-hybridized carbons (Fsp3) is 0.158. The zero-order valence-electron chi connectivity index (χ0n) is 14.3. The number of fused-ring (bicyclic) bond motifs is 1. The topological polar surface area (TPSA) is 91.6 Å². The Labute approximate surface area is 158 Å². The van der Waals surface area contributed by atoms with Gasteiger partial charge in [-0.25, -0.2) is 4.39 Å². The maximum Gasteiger partial charge on any atom is 0.313 e. The number of para-hydroxylation sites is 1. The van der Waals surface area contributed by atoms with E-state index in [1.54, 1.807) is 18.2 Å². The summed E-state index contributed by atoms with van der Waals surface area (Å²) < 4.78 is 18.7. The van der Waals surface area contributed by atoms with Crippen molar-refractivity contribution in [3.8, 4) is 0 Å². The zero-order valence-corrected chi connectivity index (χ0v) is 15.0. The zero-order chi connectivity index (χ0) is 19.6. The fourth-order valence-corrected chi connectivity index (χ4v) is 2.61. The average molecular weight is 391 g/mol. The van der Waals surface area contributed by atoms with E-state index >= 15 is 0 Å². The first-order valence-electron chi connectivity index (χ1n) is 8.02. The Hall–Kier alpha value is -2.90. The highest BCUT2D eigenvalue weighted by Gasteiger charge is 2.29. The highest BCUT2D eigenvalue weighted by Crippen LogP contribution is 2.27. The predicted octanol–water partition coefficient (Wildman–Crippen LogP) is 3.19. The van der Waals surface area contributed by atoms with Crippen molar-refractivity contribution in [3.05, 3.63) is 65.1 Å². The lowest BCUT2D eigenvalue weighted by Gasteiger charge is -2.20. The van der Waals surface area contributed by atoms with Crippen molar-refractivity contribution in [1.29, 1.82) is 0 Å². The number of hydrogen-bond donors (Lipinski definition) is 3. The van der Waals surface area contributed by atoms with Gasteiger partial charge in [-0.3, -0.25) is 9.59 Å². The van der Waals surface area contributed by atoms with Crippen LogP contribution in [0.2, 0.25) is 5.02 Å². The van der Waals surface area contributed by atoms with Crippen molar-refractivity contribution >= 4 is 40.1 Å². The van der Waals surface area contributed by atoms with Crippen LogP contribution in [0.1, 0.15) is 12.7 Å². The lowest BCUT2D eigenvalue weighted by Crippen LogP contribution is -2.43. The largest absolute Gasteiger partial charge is 0.458 e. The fourth-order valence-electron chi connectivity index (χ4n) is 2.43. The predicted molar refractivity (Wildman–Crippen MR) is 98.8 cm³/mol. The molecule has 1 aromatic heterocycles. The molecule has 0 aliphatic carbocycles. The van der Waals surface area contributed by atoms with Crippen molar-refractivity contribution in [3.63, 3.8) is 0 Å². The first-order valence-corrected chi connectivity index (χ1v) is 8.40. The average Bonchev–Trinajstić information content (AvgIpc) is 3.08. The van der Waals surface area contributed by atoms with Crippen LogP contribution >= 0.6 is 11.6 Å². The summed E-state index contributed by atoms with van der Waals surface area (Å²) in [7, 11) is 0. The van der Waals surface area contributed by atoms with Gasteiger partial charge in [-0.15, -0.1) is 0 Å².